The Morgan fingerprint density at radius 1 is 0.900 bits per heavy atom. The summed E-state index contributed by atoms with van der Waals surface area (Å²) >= 11 is 1.28. The van der Waals surface area contributed by atoms with E-state index < -0.39 is 30.3 Å². The van der Waals surface area contributed by atoms with Crippen molar-refractivity contribution < 1.29 is 27.4 Å². The van der Waals surface area contributed by atoms with Crippen LogP contribution in [0.4, 0.5) is 18.9 Å². The topological polar surface area (TPSA) is 80.0 Å². The van der Waals surface area contributed by atoms with Crippen molar-refractivity contribution in [2.45, 2.75) is 37.2 Å². The molecule has 2 aromatic heterocycles. The maximum atomic E-state index is 14.8. The Labute approximate surface area is 292 Å². The minimum atomic E-state index is -4.68. The first-order chi connectivity index (χ1) is 24.1. The summed E-state index contributed by atoms with van der Waals surface area (Å²) < 4.78 is 61.0. The Kier molecular flexibility index (Phi) is 9.80. The van der Waals surface area contributed by atoms with E-state index in [0.29, 0.717) is 38.9 Å². The van der Waals surface area contributed by atoms with Gasteiger partial charge in [-0.1, -0.05) is 48.4 Å². The summed E-state index contributed by atoms with van der Waals surface area (Å²) in [6, 6.07) is 30.1. The van der Waals surface area contributed by atoms with E-state index >= 15 is 0 Å². The van der Waals surface area contributed by atoms with E-state index in [1.54, 1.807) is 73.9 Å². The molecule has 3 heterocycles. The largest absolute Gasteiger partial charge is 0.497 e. The van der Waals surface area contributed by atoms with Gasteiger partial charge in [0.05, 0.1) is 25.8 Å². The van der Waals surface area contributed by atoms with Crippen molar-refractivity contribution in [3.05, 3.63) is 141 Å². The number of amidine groups is 1. The highest BCUT2D eigenvalue weighted by atomic mass is 32.1. The number of hydrogen-bond donors (Lipinski definition) is 0. The van der Waals surface area contributed by atoms with Crippen LogP contribution in [0.1, 0.15) is 52.2 Å². The number of methoxy groups -OCH3 is 2. The predicted molar refractivity (Wildman–Crippen MR) is 186 cm³/mol. The van der Waals surface area contributed by atoms with Crippen molar-refractivity contribution in [2.24, 2.45) is 4.99 Å². The molecule has 0 amide bonds. The fraction of sp³-hybridized carbons (Fsp3) is 0.205. The zero-order valence-corrected chi connectivity index (χ0v) is 28.1. The van der Waals surface area contributed by atoms with Crippen LogP contribution >= 0.6 is 11.3 Å². The molecule has 6 rings (SSSR count). The molecule has 50 heavy (non-hydrogen) atoms. The van der Waals surface area contributed by atoms with E-state index in [1.807, 2.05) is 60.7 Å². The second-order valence-corrected chi connectivity index (χ2v) is 12.6. The van der Waals surface area contributed by atoms with Gasteiger partial charge in [-0.3, -0.25) is 4.90 Å². The molecule has 7 nitrogen and oxygen atoms in total. The Morgan fingerprint density at radius 2 is 1.56 bits per heavy atom. The highest BCUT2D eigenvalue weighted by molar-refractivity contribution is 7.10. The number of ether oxygens (including phenoxy) is 3. The number of halogens is 3. The zero-order chi connectivity index (χ0) is 35.3. The molecule has 3 atom stereocenters. The van der Waals surface area contributed by atoms with Crippen LogP contribution in [0, 0.1) is 23.2 Å². The summed E-state index contributed by atoms with van der Waals surface area (Å²) in [5, 5.41) is 10.8. The van der Waals surface area contributed by atoms with Gasteiger partial charge >= 0.3 is 6.18 Å². The smallest absolute Gasteiger partial charge is 0.425 e. The van der Waals surface area contributed by atoms with Gasteiger partial charge in [0, 0.05) is 34.1 Å². The van der Waals surface area contributed by atoms with Crippen LogP contribution in [-0.4, -0.2) is 37.5 Å². The summed E-state index contributed by atoms with van der Waals surface area (Å²) in [6.07, 6.45) is -5.83. The summed E-state index contributed by atoms with van der Waals surface area (Å²) in [5.41, 5.74) is 2.30. The van der Waals surface area contributed by atoms with Gasteiger partial charge in [0.2, 0.25) is 0 Å². The minimum Gasteiger partial charge on any atom is -0.497 e. The monoisotopic (exact) mass is 692 g/mol. The average Bonchev–Trinajstić information content (AvgIpc) is 3.63. The van der Waals surface area contributed by atoms with Gasteiger partial charge in [-0.2, -0.15) is 18.4 Å². The van der Waals surface area contributed by atoms with E-state index in [0.717, 1.165) is 11.1 Å². The number of nitriles is 1. The van der Waals surface area contributed by atoms with E-state index in [-0.39, 0.29) is 6.02 Å². The fourth-order valence-electron chi connectivity index (χ4n) is 5.64. The van der Waals surface area contributed by atoms with Crippen LogP contribution in [-0.2, 0) is 10.3 Å². The molecule has 0 saturated carbocycles. The van der Waals surface area contributed by atoms with E-state index in [2.05, 4.69) is 16.8 Å². The molecule has 11 heteroatoms. The number of alkyl halides is 3. The van der Waals surface area contributed by atoms with E-state index in [4.69, 9.17) is 24.5 Å². The number of pyridine rings is 1. The predicted octanol–water partition coefficient (Wildman–Crippen LogP) is 8.65. The van der Waals surface area contributed by atoms with Crippen molar-refractivity contribution in [1.82, 2.24) is 4.98 Å². The summed E-state index contributed by atoms with van der Waals surface area (Å²) in [7, 11) is 3.12. The highest BCUT2D eigenvalue weighted by Gasteiger charge is 2.51. The van der Waals surface area contributed by atoms with Crippen LogP contribution in [0.25, 0.3) is 0 Å². The molecule has 5 aromatic rings. The molecule has 3 aromatic carbocycles. The number of hydrogen-bond acceptors (Lipinski definition) is 8. The molecule has 252 valence electrons. The number of nitrogens with zero attached hydrogens (tertiary/aromatic N) is 4. The quantitative estimate of drug-likeness (QED) is 0.159. The molecule has 0 aliphatic carbocycles. The van der Waals surface area contributed by atoms with Crippen LogP contribution in [0.3, 0.4) is 0 Å². The Bertz CT molecular complexity index is 2060. The first-order valence-corrected chi connectivity index (χ1v) is 16.4. The van der Waals surface area contributed by atoms with Gasteiger partial charge in [-0.05, 0) is 78.6 Å². The van der Waals surface area contributed by atoms with Crippen LogP contribution < -0.4 is 14.4 Å². The average molecular weight is 693 g/mol. The van der Waals surface area contributed by atoms with Crippen LogP contribution in [0.15, 0.2) is 114 Å². The van der Waals surface area contributed by atoms with Crippen molar-refractivity contribution >= 4 is 23.0 Å². The Morgan fingerprint density at radius 3 is 2.16 bits per heavy atom. The van der Waals surface area contributed by atoms with Crippen molar-refractivity contribution in [1.29, 1.82) is 5.26 Å². The molecule has 0 spiro atoms. The third kappa shape index (κ3) is 7.44. The second kappa shape index (κ2) is 14.4. The van der Waals surface area contributed by atoms with Gasteiger partial charge in [0.15, 0.2) is 6.10 Å². The van der Waals surface area contributed by atoms with Crippen molar-refractivity contribution in [3.8, 4) is 29.4 Å². The fourth-order valence-corrected chi connectivity index (χ4v) is 6.60. The standard InChI is InChI=1S/C39H31F3N4O3S/c1-38(35-21-26(25-50-35)9-13-30-14-10-27(23-43)24-44-30)22-34(39(40,41)42)49-37(45-38)46(31-15-19-33(48-3)20-16-31)36(28-7-5-4-6-8-28)29-11-17-32(47-2)18-12-29/h4-8,10-12,14-21,24-25,34,36H,22H2,1-3H3/t34-,36?,38-/m0/s1. The van der Waals surface area contributed by atoms with Gasteiger partial charge in [-0.15, -0.1) is 11.3 Å². The van der Waals surface area contributed by atoms with Crippen molar-refractivity contribution in [2.75, 3.05) is 19.1 Å². The Hall–Kier alpha value is -5.78. The SMILES string of the molecule is COc1ccc(C(c2ccccc2)N(C2=N[C@](C)(c3cc(C#Cc4ccc(C#N)cn4)cs3)C[C@@H](C(F)(F)F)O2)c2ccc(OC)cc2)cc1. The van der Waals surface area contributed by atoms with Crippen LogP contribution in [0.5, 0.6) is 11.5 Å². The third-order valence-electron chi connectivity index (χ3n) is 8.26. The molecule has 0 radical (unpaired) electrons. The van der Waals surface area contributed by atoms with Crippen molar-refractivity contribution in [3.63, 3.8) is 0 Å². The van der Waals surface area contributed by atoms with Gasteiger partial charge in [0.25, 0.3) is 6.02 Å². The summed E-state index contributed by atoms with van der Waals surface area (Å²) in [4.78, 5) is 11.5. The first kappa shape index (κ1) is 34.1. The number of rotatable bonds is 7. The molecule has 0 N–H and O–H groups in total. The molecule has 1 aliphatic rings. The van der Waals surface area contributed by atoms with Gasteiger partial charge in [-0.25, -0.2) is 9.98 Å². The number of aliphatic imine (C=N–C) groups is 1. The molecular weight excluding hydrogens is 662 g/mol. The Balaban J connectivity index is 1.49. The first-order valence-electron chi connectivity index (χ1n) is 15.5. The highest BCUT2D eigenvalue weighted by Crippen LogP contribution is 2.45. The molecule has 0 bridgehead atoms. The molecule has 1 aliphatic heterocycles. The van der Waals surface area contributed by atoms with Gasteiger partial charge < -0.3 is 14.2 Å². The minimum absolute atomic E-state index is 0.182. The molecular formula is C39H31F3N4O3S. The lowest BCUT2D eigenvalue weighted by Crippen LogP contribution is -2.49. The van der Waals surface area contributed by atoms with Crippen LogP contribution in [0.2, 0.25) is 0 Å². The van der Waals surface area contributed by atoms with Gasteiger partial charge in [0.1, 0.15) is 28.8 Å². The number of thiophene rings is 1. The lowest BCUT2D eigenvalue weighted by molar-refractivity contribution is -0.208. The zero-order valence-electron chi connectivity index (χ0n) is 27.3. The molecule has 0 fully saturated rings. The molecule has 1 unspecified atom stereocenters. The second-order valence-electron chi connectivity index (χ2n) is 11.7. The molecule has 0 saturated heterocycles. The third-order valence-corrected chi connectivity index (χ3v) is 9.44. The number of benzene rings is 3. The maximum Gasteiger partial charge on any atom is 0.425 e. The maximum absolute atomic E-state index is 14.8. The number of aromatic nitrogens is 1. The lowest BCUT2D eigenvalue weighted by atomic mass is 9.91. The summed E-state index contributed by atoms with van der Waals surface area (Å²) in [5.74, 6) is 7.22. The van der Waals surface area contributed by atoms with E-state index in [9.17, 15) is 13.2 Å². The normalized spacial score (nSPS) is 17.6. The van der Waals surface area contributed by atoms with E-state index in [1.165, 1.54) is 17.5 Å². The number of anilines is 1. The lowest BCUT2D eigenvalue weighted by Gasteiger charge is -2.42. The summed E-state index contributed by atoms with van der Waals surface area (Å²) in [6.45, 7) is 1.69.